The van der Waals surface area contributed by atoms with Gasteiger partial charge in [0, 0.05) is 28.9 Å². The van der Waals surface area contributed by atoms with Gasteiger partial charge in [-0.25, -0.2) is 0 Å². The van der Waals surface area contributed by atoms with Crippen molar-refractivity contribution in [3.63, 3.8) is 0 Å². The molecule has 5 rings (SSSR count). The van der Waals surface area contributed by atoms with E-state index in [9.17, 15) is 13.2 Å². The number of nitrogens with zero attached hydrogens (tertiary/aromatic N) is 3. The lowest BCUT2D eigenvalue weighted by molar-refractivity contribution is -0.137. The summed E-state index contributed by atoms with van der Waals surface area (Å²) in [4.78, 5) is 0. The number of aromatic nitrogens is 4. The van der Waals surface area contributed by atoms with Crippen LogP contribution in [0, 0.1) is 5.41 Å². The first-order valence-corrected chi connectivity index (χ1v) is 14.0. The average Bonchev–Trinajstić information content (AvgIpc) is 3.41. The largest absolute Gasteiger partial charge is 0.760 e. The first kappa shape index (κ1) is 28.1. The van der Waals surface area contributed by atoms with Gasteiger partial charge in [-0.3, -0.25) is 9.35 Å². The minimum atomic E-state index is -4.40. The Morgan fingerprint density at radius 1 is 1.03 bits per heavy atom. The van der Waals surface area contributed by atoms with Crippen LogP contribution in [0.4, 0.5) is 13.2 Å². The van der Waals surface area contributed by atoms with E-state index in [2.05, 4.69) is 36.4 Å². The normalized spacial score (nSPS) is 25.3. The van der Waals surface area contributed by atoms with Crippen molar-refractivity contribution >= 4 is 11.3 Å². The van der Waals surface area contributed by atoms with Crippen LogP contribution < -0.4 is 15.8 Å². The number of halogens is 3. The van der Waals surface area contributed by atoms with E-state index in [1.54, 1.807) is 6.07 Å². The third-order valence-electron chi connectivity index (χ3n) is 8.32. The van der Waals surface area contributed by atoms with Gasteiger partial charge in [-0.2, -0.15) is 18.4 Å². The lowest BCUT2D eigenvalue weighted by atomic mass is 9.67. The minimum absolute atomic E-state index is 0.211. The molecule has 1 saturated heterocycles. The quantitative estimate of drug-likeness (QED) is 0.433. The summed E-state index contributed by atoms with van der Waals surface area (Å²) in [5.41, 5.74) is 1.24. The van der Waals surface area contributed by atoms with Crippen LogP contribution in [0.25, 0.3) is 11.4 Å². The van der Waals surface area contributed by atoms with E-state index >= 15 is 0 Å². The SMILES string of the molecule is FC(F)(F)c1ccc(C2CCC(NC3CCC4(CCNCC4)CC3)CC2)c(-c2nn[nH]n2)c1.NS(=O)[O-]. The molecule has 1 atom stereocenters. The predicted octanol–water partition coefficient (Wildman–Crippen LogP) is 3.55. The van der Waals surface area contributed by atoms with E-state index in [1.165, 1.54) is 50.7 Å². The van der Waals surface area contributed by atoms with E-state index in [1.807, 2.05) is 0 Å². The first-order valence-electron chi connectivity index (χ1n) is 12.9. The smallest absolute Gasteiger partial charge is 0.416 e. The molecule has 5 N–H and O–H groups in total. The summed E-state index contributed by atoms with van der Waals surface area (Å²) in [6, 6.07) is 5.07. The van der Waals surface area contributed by atoms with Crippen molar-refractivity contribution in [2.45, 2.75) is 88.4 Å². The third kappa shape index (κ3) is 7.56. The molecule has 2 aromatic rings. The molecule has 206 valence electrons. The molecule has 1 unspecified atom stereocenters. The fourth-order valence-corrected chi connectivity index (χ4v) is 6.32. The van der Waals surface area contributed by atoms with Crippen molar-refractivity contribution in [3.05, 3.63) is 29.3 Å². The molecular weight excluding hydrogens is 507 g/mol. The minimum Gasteiger partial charge on any atom is -0.760 e. The van der Waals surface area contributed by atoms with Gasteiger partial charge in [-0.15, -0.1) is 10.2 Å². The number of rotatable bonds is 4. The topological polar surface area (TPSA) is 145 Å². The van der Waals surface area contributed by atoms with Gasteiger partial charge in [0.05, 0.1) is 5.56 Å². The maximum atomic E-state index is 13.3. The lowest BCUT2D eigenvalue weighted by Crippen LogP contribution is -2.46. The van der Waals surface area contributed by atoms with Crippen molar-refractivity contribution in [1.29, 1.82) is 0 Å². The molecule has 2 heterocycles. The van der Waals surface area contributed by atoms with Crippen LogP contribution in [0.3, 0.4) is 0 Å². The molecule has 0 bridgehead atoms. The van der Waals surface area contributed by atoms with Gasteiger partial charge in [0.15, 0.2) is 0 Å². The Balaban J connectivity index is 0.000000747. The number of nitrogens with one attached hydrogen (secondary N) is 3. The summed E-state index contributed by atoms with van der Waals surface area (Å²) in [6.07, 6.45) is 7.44. The highest BCUT2D eigenvalue weighted by molar-refractivity contribution is 7.76. The van der Waals surface area contributed by atoms with Gasteiger partial charge >= 0.3 is 6.18 Å². The molecule has 2 aliphatic carbocycles. The number of nitrogens with two attached hydrogens (primary N) is 1. The van der Waals surface area contributed by atoms with Crippen LogP contribution in [0.2, 0.25) is 0 Å². The van der Waals surface area contributed by atoms with Gasteiger partial charge in [0.2, 0.25) is 5.82 Å². The van der Waals surface area contributed by atoms with Crippen molar-refractivity contribution in [2.24, 2.45) is 10.6 Å². The van der Waals surface area contributed by atoms with Crippen molar-refractivity contribution in [1.82, 2.24) is 31.3 Å². The Morgan fingerprint density at radius 3 is 2.22 bits per heavy atom. The van der Waals surface area contributed by atoms with E-state index in [0.29, 0.717) is 23.1 Å². The summed E-state index contributed by atoms with van der Waals surface area (Å²) in [7, 11) is 0. The summed E-state index contributed by atoms with van der Waals surface area (Å²) >= 11 is -2.36. The Morgan fingerprint density at radius 2 is 1.65 bits per heavy atom. The zero-order valence-corrected chi connectivity index (χ0v) is 21.5. The van der Waals surface area contributed by atoms with Crippen LogP contribution >= 0.6 is 0 Å². The number of benzene rings is 1. The van der Waals surface area contributed by atoms with Gasteiger partial charge in [-0.05, 0) is 112 Å². The summed E-state index contributed by atoms with van der Waals surface area (Å²) < 4.78 is 57.5. The molecule has 1 aromatic carbocycles. The van der Waals surface area contributed by atoms with Crippen LogP contribution in [0.5, 0.6) is 0 Å². The Kier molecular flexibility index (Phi) is 9.33. The van der Waals surface area contributed by atoms with Crippen LogP contribution in [0.15, 0.2) is 18.2 Å². The van der Waals surface area contributed by atoms with Crippen molar-refractivity contribution < 1.29 is 21.9 Å². The summed E-state index contributed by atoms with van der Waals surface area (Å²) in [5.74, 6) is 0.439. The molecule has 13 heteroatoms. The maximum absolute atomic E-state index is 13.3. The number of hydrogen-bond donors (Lipinski definition) is 4. The molecular formula is C24H35F3N7O2S-. The second kappa shape index (κ2) is 12.3. The Labute approximate surface area is 217 Å². The molecule has 9 nitrogen and oxygen atoms in total. The second-order valence-electron chi connectivity index (χ2n) is 10.5. The highest BCUT2D eigenvalue weighted by Crippen LogP contribution is 2.44. The highest BCUT2D eigenvalue weighted by atomic mass is 32.2. The van der Waals surface area contributed by atoms with Crippen molar-refractivity contribution in [3.8, 4) is 11.4 Å². The number of H-pyrrole nitrogens is 1. The molecule has 0 radical (unpaired) electrons. The second-order valence-corrected chi connectivity index (χ2v) is 11.1. The lowest BCUT2D eigenvalue weighted by Gasteiger charge is -2.44. The number of piperidine rings is 1. The molecule has 0 amide bonds. The van der Waals surface area contributed by atoms with Gasteiger partial charge in [0.25, 0.3) is 0 Å². The van der Waals surface area contributed by atoms with Crippen molar-refractivity contribution in [2.75, 3.05) is 13.1 Å². The molecule has 37 heavy (non-hydrogen) atoms. The number of tetrazole rings is 1. The zero-order valence-electron chi connectivity index (χ0n) is 20.7. The fraction of sp³-hybridized carbons (Fsp3) is 0.708. The van der Waals surface area contributed by atoms with E-state index in [0.717, 1.165) is 44.3 Å². The summed E-state index contributed by atoms with van der Waals surface area (Å²) in [6.45, 7) is 2.33. The van der Waals surface area contributed by atoms with Gasteiger partial charge in [-0.1, -0.05) is 6.07 Å². The first-order chi connectivity index (χ1) is 17.7. The third-order valence-corrected chi connectivity index (χ3v) is 8.32. The average molecular weight is 543 g/mol. The molecule has 1 aliphatic heterocycles. The molecule has 2 saturated carbocycles. The number of alkyl halides is 3. The van der Waals surface area contributed by atoms with Gasteiger partial charge < -0.3 is 15.2 Å². The monoisotopic (exact) mass is 542 g/mol. The Hall–Kier alpha value is -1.93. The van der Waals surface area contributed by atoms with E-state index in [-0.39, 0.29) is 11.7 Å². The Bertz CT molecular complexity index is 1010. The number of aromatic amines is 1. The fourth-order valence-electron chi connectivity index (χ4n) is 6.32. The molecule has 3 fully saturated rings. The summed E-state index contributed by atoms with van der Waals surface area (Å²) in [5, 5.41) is 25.3. The standard InChI is InChI=1S/C24H33F3N6.H3NO2S/c25-24(26,27)17-3-6-20(21(15-17)22-30-32-33-31-22)16-1-4-18(5-2-16)29-19-7-9-23(10-8-19)11-13-28-14-12-23;1-4(2)3/h3,6,15-16,18-19,28-29H,1-2,4-5,7-14H2,(H,30,31,32,33);1H2,(H,2,3)/p-1. The highest BCUT2D eigenvalue weighted by Gasteiger charge is 2.37. The van der Waals surface area contributed by atoms with Crippen LogP contribution in [-0.2, 0) is 17.4 Å². The van der Waals surface area contributed by atoms with Crippen LogP contribution in [-0.4, -0.2) is 54.6 Å². The molecule has 1 spiro atoms. The van der Waals surface area contributed by atoms with E-state index < -0.39 is 23.0 Å². The van der Waals surface area contributed by atoms with E-state index in [4.69, 9.17) is 8.76 Å². The maximum Gasteiger partial charge on any atom is 0.416 e. The van der Waals surface area contributed by atoms with Crippen LogP contribution in [0.1, 0.15) is 81.3 Å². The van der Waals surface area contributed by atoms with Gasteiger partial charge in [0.1, 0.15) is 0 Å². The molecule has 3 aliphatic rings. The zero-order chi connectivity index (χ0) is 26.5. The number of hydrogen-bond acceptors (Lipinski definition) is 7. The molecule has 1 aromatic heterocycles. The predicted molar refractivity (Wildman–Crippen MR) is 133 cm³/mol.